The molecule has 2 rings (SSSR count). The van der Waals surface area contributed by atoms with Gasteiger partial charge in [-0.25, -0.2) is 0 Å². The summed E-state index contributed by atoms with van der Waals surface area (Å²) in [7, 11) is 1.80. The third-order valence-corrected chi connectivity index (χ3v) is 4.07. The van der Waals surface area contributed by atoms with E-state index in [1.165, 1.54) is 0 Å². The van der Waals surface area contributed by atoms with Crippen molar-refractivity contribution in [1.82, 2.24) is 9.47 Å². The van der Waals surface area contributed by atoms with E-state index in [0.717, 1.165) is 25.7 Å². The van der Waals surface area contributed by atoms with Crippen LogP contribution in [0.15, 0.2) is 18.3 Å². The molecule has 19 heavy (non-hydrogen) atoms. The minimum absolute atomic E-state index is 0.00431. The van der Waals surface area contributed by atoms with Gasteiger partial charge in [0.05, 0.1) is 12.1 Å². The predicted octanol–water partition coefficient (Wildman–Crippen LogP) is 2.44. The highest BCUT2D eigenvalue weighted by Crippen LogP contribution is 2.24. The van der Waals surface area contributed by atoms with Crippen LogP contribution in [0.5, 0.6) is 0 Å². The lowest BCUT2D eigenvalue weighted by Crippen LogP contribution is -2.46. The summed E-state index contributed by atoms with van der Waals surface area (Å²) in [5.74, 6) is 0.00431. The number of hydrogen-bond acceptors (Lipinski definition) is 2. The Hall–Kier alpha value is -1.29. The molecule has 4 heteroatoms. The maximum Gasteiger partial charge on any atom is 0.270 e. The standard InChI is InChI=1S/C15H24N2O2/c1-11(2)17-10-6-8-13(17)15(19)16(3)12-7-4-5-9-14(12)18/h6,8,10-12,14,18H,4-5,7,9H2,1-3H3. The summed E-state index contributed by atoms with van der Waals surface area (Å²) in [6.07, 6.45) is 5.39. The second kappa shape index (κ2) is 5.78. The number of aliphatic hydroxyl groups excluding tert-OH is 1. The van der Waals surface area contributed by atoms with Gasteiger partial charge in [-0.1, -0.05) is 12.8 Å². The molecule has 2 unspecified atom stereocenters. The van der Waals surface area contributed by atoms with Gasteiger partial charge in [-0.3, -0.25) is 4.79 Å². The smallest absolute Gasteiger partial charge is 0.270 e. The summed E-state index contributed by atoms with van der Waals surface area (Å²) in [5, 5.41) is 10.1. The van der Waals surface area contributed by atoms with Gasteiger partial charge in [-0.2, -0.15) is 0 Å². The number of rotatable bonds is 3. The molecule has 1 fully saturated rings. The van der Waals surface area contributed by atoms with Gasteiger partial charge in [-0.05, 0) is 38.8 Å². The van der Waals surface area contributed by atoms with Crippen LogP contribution in [0.2, 0.25) is 0 Å². The van der Waals surface area contributed by atoms with E-state index < -0.39 is 0 Å². The highest BCUT2D eigenvalue weighted by atomic mass is 16.3. The van der Waals surface area contributed by atoms with Crippen molar-refractivity contribution >= 4 is 5.91 Å². The molecule has 1 saturated carbocycles. The number of carbonyl (C=O) groups excluding carboxylic acids is 1. The number of aliphatic hydroxyl groups is 1. The zero-order chi connectivity index (χ0) is 14.0. The zero-order valence-electron chi connectivity index (χ0n) is 12.0. The molecule has 0 aliphatic heterocycles. The lowest BCUT2D eigenvalue weighted by atomic mass is 9.91. The Kier molecular flexibility index (Phi) is 4.30. The summed E-state index contributed by atoms with van der Waals surface area (Å²) < 4.78 is 1.98. The topological polar surface area (TPSA) is 45.5 Å². The Morgan fingerprint density at radius 3 is 2.74 bits per heavy atom. The number of amides is 1. The number of carbonyl (C=O) groups is 1. The Morgan fingerprint density at radius 2 is 2.11 bits per heavy atom. The molecule has 1 aliphatic rings. The molecule has 1 aromatic heterocycles. The second-order valence-electron chi connectivity index (χ2n) is 5.73. The van der Waals surface area contributed by atoms with Crippen molar-refractivity contribution in [3.8, 4) is 0 Å². The fourth-order valence-electron chi connectivity index (χ4n) is 2.90. The molecule has 1 heterocycles. The lowest BCUT2D eigenvalue weighted by molar-refractivity contribution is 0.0261. The molecule has 0 radical (unpaired) electrons. The molecule has 1 amide bonds. The van der Waals surface area contributed by atoms with Crippen LogP contribution in [0.3, 0.4) is 0 Å². The molecule has 1 aromatic rings. The van der Waals surface area contributed by atoms with Crippen LogP contribution < -0.4 is 0 Å². The highest BCUT2D eigenvalue weighted by Gasteiger charge is 2.30. The highest BCUT2D eigenvalue weighted by molar-refractivity contribution is 5.93. The largest absolute Gasteiger partial charge is 0.391 e. The lowest BCUT2D eigenvalue weighted by Gasteiger charge is -2.35. The van der Waals surface area contributed by atoms with E-state index in [0.29, 0.717) is 5.69 Å². The SMILES string of the molecule is CC(C)n1cccc1C(=O)N(C)C1CCCCC1O. The Labute approximate surface area is 115 Å². The van der Waals surface area contributed by atoms with Crippen molar-refractivity contribution in [2.45, 2.75) is 57.7 Å². The van der Waals surface area contributed by atoms with E-state index >= 15 is 0 Å². The van der Waals surface area contributed by atoms with Crippen LogP contribution in [-0.2, 0) is 0 Å². The van der Waals surface area contributed by atoms with E-state index in [1.807, 2.05) is 22.9 Å². The Bertz CT molecular complexity index is 439. The summed E-state index contributed by atoms with van der Waals surface area (Å²) in [6, 6.07) is 3.97. The quantitative estimate of drug-likeness (QED) is 0.911. The van der Waals surface area contributed by atoms with Crippen LogP contribution in [0.4, 0.5) is 0 Å². The number of likely N-dealkylation sites (N-methyl/N-ethyl adjacent to an activating group) is 1. The molecule has 2 atom stereocenters. The van der Waals surface area contributed by atoms with Crippen LogP contribution in [-0.4, -0.2) is 39.7 Å². The van der Waals surface area contributed by atoms with Crippen molar-refractivity contribution in [3.63, 3.8) is 0 Å². The van der Waals surface area contributed by atoms with Crippen LogP contribution in [0, 0.1) is 0 Å². The average Bonchev–Trinajstić information content (AvgIpc) is 2.87. The normalized spacial score (nSPS) is 23.6. The van der Waals surface area contributed by atoms with Gasteiger partial charge in [0.25, 0.3) is 5.91 Å². The van der Waals surface area contributed by atoms with Gasteiger partial charge in [0.2, 0.25) is 0 Å². The maximum atomic E-state index is 12.6. The van der Waals surface area contributed by atoms with Gasteiger partial charge >= 0.3 is 0 Å². The summed E-state index contributed by atoms with van der Waals surface area (Å²) in [5.41, 5.74) is 0.704. The van der Waals surface area contributed by atoms with E-state index in [4.69, 9.17) is 0 Å². The minimum atomic E-state index is -0.384. The van der Waals surface area contributed by atoms with Gasteiger partial charge in [-0.15, -0.1) is 0 Å². The van der Waals surface area contributed by atoms with Crippen molar-refractivity contribution in [2.24, 2.45) is 0 Å². The Balaban J connectivity index is 2.16. The van der Waals surface area contributed by atoms with Crippen LogP contribution in [0.25, 0.3) is 0 Å². The first-order valence-corrected chi connectivity index (χ1v) is 7.14. The molecule has 0 aromatic carbocycles. The first-order chi connectivity index (χ1) is 9.02. The van der Waals surface area contributed by atoms with E-state index in [2.05, 4.69) is 13.8 Å². The molecule has 0 spiro atoms. The first kappa shape index (κ1) is 14.1. The van der Waals surface area contributed by atoms with Gasteiger partial charge in [0.15, 0.2) is 0 Å². The number of nitrogens with zero attached hydrogens (tertiary/aromatic N) is 2. The average molecular weight is 264 g/mol. The third-order valence-electron chi connectivity index (χ3n) is 4.07. The number of aromatic nitrogens is 1. The van der Waals surface area contributed by atoms with E-state index in [1.54, 1.807) is 11.9 Å². The zero-order valence-corrected chi connectivity index (χ0v) is 12.0. The first-order valence-electron chi connectivity index (χ1n) is 7.14. The van der Waals surface area contributed by atoms with E-state index in [-0.39, 0.29) is 24.1 Å². The molecule has 1 N–H and O–H groups in total. The second-order valence-corrected chi connectivity index (χ2v) is 5.73. The molecule has 106 valence electrons. The fraction of sp³-hybridized carbons (Fsp3) is 0.667. The summed E-state index contributed by atoms with van der Waals surface area (Å²) in [6.45, 7) is 4.12. The molecule has 4 nitrogen and oxygen atoms in total. The molecular weight excluding hydrogens is 240 g/mol. The van der Waals surface area contributed by atoms with Gasteiger partial charge in [0, 0.05) is 19.3 Å². The van der Waals surface area contributed by atoms with Crippen molar-refractivity contribution in [3.05, 3.63) is 24.0 Å². The predicted molar refractivity (Wildman–Crippen MR) is 75.2 cm³/mol. The monoisotopic (exact) mass is 264 g/mol. The molecule has 0 saturated heterocycles. The van der Waals surface area contributed by atoms with E-state index in [9.17, 15) is 9.90 Å². The molecule has 0 bridgehead atoms. The minimum Gasteiger partial charge on any atom is -0.391 e. The number of hydrogen-bond donors (Lipinski definition) is 1. The summed E-state index contributed by atoms with van der Waals surface area (Å²) in [4.78, 5) is 14.3. The molecule has 1 aliphatic carbocycles. The van der Waals surface area contributed by atoms with Gasteiger partial charge < -0.3 is 14.6 Å². The third kappa shape index (κ3) is 2.84. The van der Waals surface area contributed by atoms with Crippen LogP contribution >= 0.6 is 0 Å². The summed E-state index contributed by atoms with van der Waals surface area (Å²) >= 11 is 0. The van der Waals surface area contributed by atoms with Crippen molar-refractivity contribution in [1.29, 1.82) is 0 Å². The fourth-order valence-corrected chi connectivity index (χ4v) is 2.90. The molecular formula is C15H24N2O2. The maximum absolute atomic E-state index is 12.6. The van der Waals surface area contributed by atoms with Crippen molar-refractivity contribution < 1.29 is 9.90 Å². The van der Waals surface area contributed by atoms with Gasteiger partial charge in [0.1, 0.15) is 5.69 Å². The van der Waals surface area contributed by atoms with Crippen LogP contribution in [0.1, 0.15) is 56.1 Å². The Morgan fingerprint density at radius 1 is 1.42 bits per heavy atom. The van der Waals surface area contributed by atoms with Crippen molar-refractivity contribution in [2.75, 3.05) is 7.05 Å².